The molecule has 0 spiro atoms. The number of benzene rings is 4. The Labute approximate surface area is 227 Å². The van der Waals surface area contributed by atoms with E-state index in [-0.39, 0.29) is 15.5 Å². The second-order valence-electron chi connectivity index (χ2n) is 8.24. The van der Waals surface area contributed by atoms with E-state index in [2.05, 4.69) is 10.3 Å². The first-order valence-corrected chi connectivity index (χ1v) is 13.9. The first-order chi connectivity index (χ1) is 17.6. The van der Waals surface area contributed by atoms with E-state index in [9.17, 15) is 13.2 Å². The van der Waals surface area contributed by atoms with E-state index < -0.39 is 15.7 Å². The highest BCUT2D eigenvalue weighted by molar-refractivity contribution is 7.90. The Hall–Kier alpha value is -3.36. The molecule has 1 N–H and O–H groups in total. The normalized spacial score (nSPS) is 11.6. The third kappa shape index (κ3) is 5.22. The van der Waals surface area contributed by atoms with Crippen LogP contribution in [0.4, 0.5) is 5.69 Å². The number of halogens is 3. The Balaban J connectivity index is 1.54. The number of sulfone groups is 1. The molecule has 37 heavy (non-hydrogen) atoms. The summed E-state index contributed by atoms with van der Waals surface area (Å²) in [5.41, 5.74) is 3.40. The second kappa shape index (κ2) is 9.84. The van der Waals surface area contributed by atoms with Crippen molar-refractivity contribution in [3.63, 3.8) is 0 Å². The topological polar surface area (TPSA) is 89.3 Å². The lowest BCUT2D eigenvalue weighted by molar-refractivity contribution is 0.102. The summed E-state index contributed by atoms with van der Waals surface area (Å²) in [7, 11) is -3.53. The third-order valence-electron chi connectivity index (χ3n) is 5.64. The molecule has 5 rings (SSSR count). The van der Waals surface area contributed by atoms with E-state index in [0.717, 1.165) is 6.26 Å². The number of nitrogens with zero attached hydrogens (tertiary/aromatic N) is 1. The summed E-state index contributed by atoms with van der Waals surface area (Å²) in [5, 5.41) is 3.86. The van der Waals surface area contributed by atoms with Gasteiger partial charge in [-0.3, -0.25) is 4.79 Å². The number of amides is 1. The third-order valence-corrected chi connectivity index (χ3v) is 7.82. The van der Waals surface area contributed by atoms with Gasteiger partial charge in [0, 0.05) is 17.5 Å². The van der Waals surface area contributed by atoms with E-state index in [1.165, 1.54) is 18.2 Å². The van der Waals surface area contributed by atoms with Crippen molar-refractivity contribution in [2.45, 2.75) is 4.90 Å². The van der Waals surface area contributed by atoms with Gasteiger partial charge in [-0.25, -0.2) is 13.4 Å². The van der Waals surface area contributed by atoms with Crippen molar-refractivity contribution >= 4 is 67.3 Å². The number of nitrogens with one attached hydrogen (secondary N) is 1. The molecule has 0 bridgehead atoms. The van der Waals surface area contributed by atoms with Gasteiger partial charge in [0.1, 0.15) is 5.52 Å². The number of oxazole rings is 1. The summed E-state index contributed by atoms with van der Waals surface area (Å²) in [6, 6.07) is 21.4. The number of carbonyl (C=O) groups is 1. The molecule has 10 heteroatoms. The maximum absolute atomic E-state index is 13.4. The molecule has 1 aromatic heterocycles. The lowest BCUT2D eigenvalue weighted by Crippen LogP contribution is -2.14. The van der Waals surface area contributed by atoms with Crippen LogP contribution in [0.15, 0.2) is 88.2 Å². The summed E-state index contributed by atoms with van der Waals surface area (Å²) in [6.45, 7) is 0. The van der Waals surface area contributed by atoms with Gasteiger partial charge in [-0.2, -0.15) is 0 Å². The largest absolute Gasteiger partial charge is 0.436 e. The quantitative estimate of drug-likeness (QED) is 0.233. The molecule has 0 saturated carbocycles. The molecule has 6 nitrogen and oxygen atoms in total. The zero-order valence-corrected chi connectivity index (χ0v) is 22.2. The number of rotatable bonds is 5. The molecule has 186 valence electrons. The zero-order valence-electron chi connectivity index (χ0n) is 19.1. The van der Waals surface area contributed by atoms with Gasteiger partial charge in [0.15, 0.2) is 15.4 Å². The monoisotopic (exact) mass is 570 g/mol. The van der Waals surface area contributed by atoms with Crippen molar-refractivity contribution in [3.8, 4) is 22.6 Å². The molecule has 0 aliphatic carbocycles. The zero-order chi connectivity index (χ0) is 26.3. The van der Waals surface area contributed by atoms with Crippen LogP contribution in [0.25, 0.3) is 33.7 Å². The molecule has 1 amide bonds. The summed E-state index contributed by atoms with van der Waals surface area (Å²) in [4.78, 5) is 17.9. The van der Waals surface area contributed by atoms with Crippen LogP contribution in [0.2, 0.25) is 15.1 Å². The van der Waals surface area contributed by atoms with Crippen molar-refractivity contribution in [3.05, 3.63) is 99.5 Å². The second-order valence-corrected chi connectivity index (χ2v) is 11.5. The van der Waals surface area contributed by atoms with Gasteiger partial charge in [-0.15, -0.1) is 0 Å². The Morgan fingerprint density at radius 3 is 2.32 bits per heavy atom. The highest BCUT2D eigenvalue weighted by atomic mass is 35.5. The van der Waals surface area contributed by atoms with E-state index >= 15 is 0 Å². The van der Waals surface area contributed by atoms with Crippen LogP contribution in [0.3, 0.4) is 0 Å². The summed E-state index contributed by atoms with van der Waals surface area (Å²) in [6.07, 6.45) is 1.10. The van der Waals surface area contributed by atoms with Gasteiger partial charge >= 0.3 is 0 Å². The number of anilines is 1. The average Bonchev–Trinajstić information content (AvgIpc) is 3.30. The standard InChI is InChI=1S/C27H17Cl3N2O4S/c1-37(34,35)17-8-9-18(19(14-17)15-6-10-22(29)23(30)12-15)26(33)31-16-7-11-21(28)20(13-16)27-32-24-4-2-3-5-25(24)36-27/h2-14H,1H3,(H,31,33). The number of hydrogen-bond acceptors (Lipinski definition) is 5. The molecule has 0 fully saturated rings. The fraction of sp³-hybridized carbons (Fsp3) is 0.0370. The summed E-state index contributed by atoms with van der Waals surface area (Å²) >= 11 is 18.7. The predicted octanol–water partition coefficient (Wildman–Crippen LogP) is 7.78. The van der Waals surface area contributed by atoms with Gasteiger partial charge in [-0.1, -0.05) is 53.0 Å². The summed E-state index contributed by atoms with van der Waals surface area (Å²) in [5.74, 6) is -0.150. The van der Waals surface area contributed by atoms with Gasteiger partial charge in [-0.05, 0) is 71.8 Å². The smallest absolute Gasteiger partial charge is 0.256 e. The van der Waals surface area contributed by atoms with Gasteiger partial charge in [0.05, 0.1) is 25.5 Å². The van der Waals surface area contributed by atoms with Crippen LogP contribution in [0, 0.1) is 0 Å². The molecule has 0 atom stereocenters. The molecule has 5 aromatic rings. The Kier molecular flexibility index (Phi) is 6.72. The molecular formula is C27H17Cl3N2O4S. The minimum atomic E-state index is -3.53. The molecule has 1 heterocycles. The number of carbonyl (C=O) groups excluding carboxylic acids is 1. The van der Waals surface area contributed by atoms with Crippen LogP contribution in [0.1, 0.15) is 10.4 Å². The van der Waals surface area contributed by atoms with Crippen molar-refractivity contribution in [1.29, 1.82) is 0 Å². The molecule has 0 saturated heterocycles. The predicted molar refractivity (Wildman–Crippen MR) is 147 cm³/mol. The van der Waals surface area contributed by atoms with Crippen LogP contribution >= 0.6 is 34.8 Å². The van der Waals surface area contributed by atoms with Gasteiger partial charge in [0.2, 0.25) is 5.89 Å². The fourth-order valence-corrected chi connectivity index (χ4v) is 4.95. The maximum Gasteiger partial charge on any atom is 0.256 e. The highest BCUT2D eigenvalue weighted by Gasteiger charge is 2.19. The van der Waals surface area contributed by atoms with Crippen LogP contribution in [-0.4, -0.2) is 25.6 Å². The van der Waals surface area contributed by atoms with E-state index in [1.807, 2.05) is 18.2 Å². The minimum Gasteiger partial charge on any atom is -0.436 e. The molecule has 0 aliphatic rings. The SMILES string of the molecule is CS(=O)(=O)c1ccc(C(=O)Nc2ccc(Cl)c(-c3nc4ccccc4o3)c2)c(-c2ccc(Cl)c(Cl)c2)c1. The van der Waals surface area contributed by atoms with Crippen LogP contribution in [-0.2, 0) is 9.84 Å². The van der Waals surface area contributed by atoms with Crippen LogP contribution in [0.5, 0.6) is 0 Å². The molecule has 0 radical (unpaired) electrons. The Morgan fingerprint density at radius 2 is 1.59 bits per heavy atom. The van der Waals surface area contributed by atoms with E-state index in [0.29, 0.717) is 49.4 Å². The highest BCUT2D eigenvalue weighted by Crippen LogP contribution is 2.34. The van der Waals surface area contributed by atoms with Gasteiger partial charge in [0.25, 0.3) is 5.91 Å². The lowest BCUT2D eigenvalue weighted by Gasteiger charge is -2.13. The number of hydrogen-bond donors (Lipinski definition) is 1. The maximum atomic E-state index is 13.4. The molecule has 4 aromatic carbocycles. The summed E-state index contributed by atoms with van der Waals surface area (Å²) < 4.78 is 30.2. The van der Waals surface area contributed by atoms with Gasteiger partial charge < -0.3 is 9.73 Å². The van der Waals surface area contributed by atoms with Crippen molar-refractivity contribution in [2.75, 3.05) is 11.6 Å². The first-order valence-electron chi connectivity index (χ1n) is 10.9. The Bertz CT molecular complexity index is 1770. The van der Waals surface area contributed by atoms with Crippen molar-refractivity contribution < 1.29 is 17.6 Å². The minimum absolute atomic E-state index is 0.0647. The Morgan fingerprint density at radius 1 is 0.838 bits per heavy atom. The fourth-order valence-electron chi connectivity index (χ4n) is 3.81. The van der Waals surface area contributed by atoms with E-state index in [1.54, 1.807) is 42.5 Å². The van der Waals surface area contributed by atoms with Crippen molar-refractivity contribution in [1.82, 2.24) is 4.98 Å². The van der Waals surface area contributed by atoms with E-state index in [4.69, 9.17) is 39.2 Å². The molecule has 0 unspecified atom stereocenters. The molecular weight excluding hydrogens is 555 g/mol. The number of aromatic nitrogens is 1. The number of para-hydroxylation sites is 2. The first kappa shape index (κ1) is 25.3. The van der Waals surface area contributed by atoms with Crippen LogP contribution < -0.4 is 5.32 Å². The molecule has 0 aliphatic heterocycles. The number of fused-ring (bicyclic) bond motifs is 1. The van der Waals surface area contributed by atoms with Crippen molar-refractivity contribution in [2.24, 2.45) is 0 Å². The average molecular weight is 572 g/mol. The lowest BCUT2D eigenvalue weighted by atomic mass is 9.99.